The summed E-state index contributed by atoms with van der Waals surface area (Å²) in [5.74, 6) is 0.357. The first-order valence-electron chi connectivity index (χ1n) is 4.01. The van der Waals surface area contributed by atoms with E-state index in [9.17, 15) is 4.39 Å². The summed E-state index contributed by atoms with van der Waals surface area (Å²) >= 11 is 3.15. The van der Waals surface area contributed by atoms with Crippen LogP contribution in [-0.2, 0) is 0 Å². The lowest BCUT2D eigenvalue weighted by atomic mass is 10.1. The summed E-state index contributed by atoms with van der Waals surface area (Å²) in [6.45, 7) is 0.571. The molecule has 70 valence electrons. The van der Waals surface area contributed by atoms with E-state index < -0.39 is 0 Å². The molecule has 1 aromatic rings. The average Bonchev–Trinajstić information content (AvgIpc) is 2.48. The quantitative estimate of drug-likeness (QED) is 0.820. The maximum atomic E-state index is 13.1. The Hall–Kier alpha value is -0.610. The van der Waals surface area contributed by atoms with Crippen LogP contribution in [0.3, 0.4) is 0 Å². The molecule has 0 saturated carbocycles. The molecular formula is C9H9BrFNO. The zero-order valence-electron chi connectivity index (χ0n) is 7.10. The zero-order chi connectivity index (χ0) is 9.42. The molecular weight excluding hydrogens is 237 g/mol. The molecule has 1 atom stereocenters. The van der Waals surface area contributed by atoms with Gasteiger partial charge in [0, 0.05) is 11.6 Å². The van der Waals surface area contributed by atoms with Crippen molar-refractivity contribution in [2.75, 3.05) is 13.7 Å². The number of hydrogen-bond donors (Lipinski definition) is 1. The second-order valence-electron chi connectivity index (χ2n) is 2.96. The highest BCUT2D eigenvalue weighted by Crippen LogP contribution is 2.35. The van der Waals surface area contributed by atoms with Gasteiger partial charge in [-0.25, -0.2) is 4.39 Å². The van der Waals surface area contributed by atoms with Crippen LogP contribution in [0, 0.1) is 5.82 Å². The van der Waals surface area contributed by atoms with Crippen molar-refractivity contribution < 1.29 is 9.13 Å². The van der Waals surface area contributed by atoms with Crippen LogP contribution in [0.5, 0.6) is 5.75 Å². The second kappa shape index (κ2) is 3.27. The number of likely N-dealkylation sites (N-methyl/N-ethyl adjacent to an activating group) is 1. The van der Waals surface area contributed by atoms with Crippen molar-refractivity contribution in [2.45, 2.75) is 6.04 Å². The molecule has 1 heterocycles. The van der Waals surface area contributed by atoms with Gasteiger partial charge in [0.25, 0.3) is 0 Å². The lowest BCUT2D eigenvalue weighted by Crippen LogP contribution is -2.17. The highest BCUT2D eigenvalue weighted by Gasteiger charge is 2.24. The Morgan fingerprint density at radius 1 is 1.62 bits per heavy atom. The molecule has 0 spiro atoms. The van der Waals surface area contributed by atoms with Crippen LogP contribution in [0.1, 0.15) is 11.6 Å². The van der Waals surface area contributed by atoms with E-state index >= 15 is 0 Å². The molecule has 1 aliphatic heterocycles. The van der Waals surface area contributed by atoms with Gasteiger partial charge in [0.2, 0.25) is 0 Å². The zero-order valence-corrected chi connectivity index (χ0v) is 8.69. The summed E-state index contributed by atoms with van der Waals surface area (Å²) in [6.07, 6.45) is 0. The summed E-state index contributed by atoms with van der Waals surface area (Å²) in [5, 5.41) is 3.10. The van der Waals surface area contributed by atoms with Crippen molar-refractivity contribution in [3.05, 3.63) is 28.0 Å². The molecule has 2 rings (SSSR count). The van der Waals surface area contributed by atoms with Crippen LogP contribution in [-0.4, -0.2) is 13.7 Å². The smallest absolute Gasteiger partial charge is 0.141 e. The standard InChI is InChI=1S/C9H9BrFNO/c1-12-8-4-13-9-3-7(11)6(10)2-5(8)9/h2-3,8,12H,4H2,1H3. The fourth-order valence-corrected chi connectivity index (χ4v) is 1.80. The number of benzene rings is 1. The molecule has 1 N–H and O–H groups in total. The third kappa shape index (κ3) is 1.44. The summed E-state index contributed by atoms with van der Waals surface area (Å²) in [6, 6.07) is 3.35. The predicted molar refractivity (Wildman–Crippen MR) is 51.4 cm³/mol. The monoisotopic (exact) mass is 245 g/mol. The minimum atomic E-state index is -0.282. The summed E-state index contributed by atoms with van der Waals surface area (Å²) < 4.78 is 18.9. The molecule has 1 unspecified atom stereocenters. The van der Waals surface area contributed by atoms with Gasteiger partial charge in [0.1, 0.15) is 18.2 Å². The largest absolute Gasteiger partial charge is 0.491 e. The van der Waals surface area contributed by atoms with Gasteiger partial charge in [-0.3, -0.25) is 0 Å². The molecule has 0 saturated heterocycles. The minimum absolute atomic E-state index is 0.173. The van der Waals surface area contributed by atoms with Crippen LogP contribution in [0.15, 0.2) is 16.6 Å². The van der Waals surface area contributed by atoms with Crippen LogP contribution >= 0.6 is 15.9 Å². The third-order valence-corrected chi connectivity index (χ3v) is 2.79. The highest BCUT2D eigenvalue weighted by molar-refractivity contribution is 9.10. The topological polar surface area (TPSA) is 21.3 Å². The maximum Gasteiger partial charge on any atom is 0.141 e. The third-order valence-electron chi connectivity index (χ3n) is 2.18. The van der Waals surface area contributed by atoms with Crippen molar-refractivity contribution in [1.29, 1.82) is 0 Å². The van der Waals surface area contributed by atoms with E-state index in [1.54, 1.807) is 6.07 Å². The molecule has 0 fully saturated rings. The van der Waals surface area contributed by atoms with Crippen LogP contribution in [0.25, 0.3) is 0 Å². The van der Waals surface area contributed by atoms with Crippen LogP contribution in [0.4, 0.5) is 4.39 Å². The first kappa shape index (κ1) is 8.97. The average molecular weight is 246 g/mol. The fourth-order valence-electron chi connectivity index (χ4n) is 1.44. The first-order valence-corrected chi connectivity index (χ1v) is 4.80. The van der Waals surface area contributed by atoms with E-state index in [0.717, 1.165) is 5.56 Å². The van der Waals surface area contributed by atoms with Crippen molar-refractivity contribution in [3.8, 4) is 5.75 Å². The Morgan fingerprint density at radius 3 is 3.08 bits per heavy atom. The number of ether oxygens (including phenoxy) is 1. The molecule has 0 aromatic heterocycles. The SMILES string of the molecule is CNC1COc2cc(F)c(Br)cc21. The van der Waals surface area contributed by atoms with Gasteiger partial charge >= 0.3 is 0 Å². The minimum Gasteiger partial charge on any atom is -0.491 e. The Kier molecular flexibility index (Phi) is 2.26. The van der Waals surface area contributed by atoms with Gasteiger partial charge < -0.3 is 10.1 Å². The Morgan fingerprint density at radius 2 is 2.38 bits per heavy atom. The van der Waals surface area contributed by atoms with Crippen LogP contribution in [0.2, 0.25) is 0 Å². The van der Waals surface area contributed by atoms with Gasteiger partial charge in [-0.05, 0) is 29.0 Å². The highest BCUT2D eigenvalue weighted by atomic mass is 79.9. The summed E-state index contributed by atoms with van der Waals surface area (Å²) in [4.78, 5) is 0. The lowest BCUT2D eigenvalue weighted by Gasteiger charge is -2.06. The molecule has 2 nitrogen and oxygen atoms in total. The van der Waals surface area contributed by atoms with E-state index in [-0.39, 0.29) is 11.9 Å². The number of hydrogen-bond acceptors (Lipinski definition) is 2. The van der Waals surface area contributed by atoms with Gasteiger partial charge in [-0.2, -0.15) is 0 Å². The molecule has 13 heavy (non-hydrogen) atoms. The molecule has 0 radical (unpaired) electrons. The van der Waals surface area contributed by atoms with Crippen molar-refractivity contribution in [2.24, 2.45) is 0 Å². The Balaban J connectivity index is 2.47. The van der Waals surface area contributed by atoms with E-state index in [1.165, 1.54) is 6.07 Å². The lowest BCUT2D eigenvalue weighted by molar-refractivity contribution is 0.317. The molecule has 0 bridgehead atoms. The normalized spacial score (nSPS) is 19.8. The van der Waals surface area contributed by atoms with E-state index in [4.69, 9.17) is 4.74 Å². The van der Waals surface area contributed by atoms with Gasteiger partial charge in [-0.15, -0.1) is 0 Å². The molecule has 1 aliphatic rings. The van der Waals surface area contributed by atoms with Gasteiger partial charge in [0.15, 0.2) is 0 Å². The van der Waals surface area contributed by atoms with E-state index in [0.29, 0.717) is 16.8 Å². The predicted octanol–water partition coefficient (Wildman–Crippen LogP) is 2.24. The van der Waals surface area contributed by atoms with Crippen LogP contribution < -0.4 is 10.1 Å². The van der Waals surface area contributed by atoms with E-state index in [1.807, 2.05) is 7.05 Å². The number of nitrogens with one attached hydrogen (secondary N) is 1. The summed E-state index contributed by atoms with van der Waals surface area (Å²) in [7, 11) is 1.86. The molecule has 0 aliphatic carbocycles. The van der Waals surface area contributed by atoms with Crippen molar-refractivity contribution >= 4 is 15.9 Å². The fraction of sp³-hybridized carbons (Fsp3) is 0.333. The number of rotatable bonds is 1. The Labute approximate surface area is 84.2 Å². The molecule has 0 amide bonds. The van der Waals surface area contributed by atoms with E-state index in [2.05, 4.69) is 21.2 Å². The second-order valence-corrected chi connectivity index (χ2v) is 3.81. The van der Waals surface area contributed by atoms with Crippen molar-refractivity contribution in [1.82, 2.24) is 5.32 Å². The summed E-state index contributed by atoms with van der Waals surface area (Å²) in [5.41, 5.74) is 1.01. The molecule has 4 heteroatoms. The van der Waals surface area contributed by atoms with Crippen molar-refractivity contribution in [3.63, 3.8) is 0 Å². The Bertz CT molecular complexity index is 343. The van der Waals surface area contributed by atoms with Gasteiger partial charge in [0.05, 0.1) is 10.5 Å². The van der Waals surface area contributed by atoms with Gasteiger partial charge in [-0.1, -0.05) is 0 Å². The number of fused-ring (bicyclic) bond motifs is 1. The number of halogens is 2. The first-order chi connectivity index (χ1) is 6.22. The molecule has 1 aromatic carbocycles. The maximum absolute atomic E-state index is 13.1.